The molecule has 6 heteroatoms. The molecule has 2 aromatic carbocycles. The van der Waals surface area contributed by atoms with Crippen molar-refractivity contribution < 1.29 is 14.3 Å². The highest BCUT2D eigenvalue weighted by atomic mass is 16.5. The number of rotatable bonds is 8. The lowest BCUT2D eigenvalue weighted by Crippen LogP contribution is -2.33. The van der Waals surface area contributed by atoms with Crippen LogP contribution in [0.3, 0.4) is 0 Å². The molecule has 32 heavy (non-hydrogen) atoms. The molecule has 6 nitrogen and oxygen atoms in total. The molecule has 0 aromatic heterocycles. The van der Waals surface area contributed by atoms with E-state index in [-0.39, 0.29) is 11.8 Å². The van der Waals surface area contributed by atoms with Gasteiger partial charge in [0.25, 0.3) is 0 Å². The average Bonchev–Trinajstić information content (AvgIpc) is 2.78. The van der Waals surface area contributed by atoms with Gasteiger partial charge in [0.1, 0.15) is 5.75 Å². The van der Waals surface area contributed by atoms with Crippen molar-refractivity contribution in [3.63, 3.8) is 0 Å². The van der Waals surface area contributed by atoms with Crippen LogP contribution in [0.4, 0.5) is 11.4 Å². The number of hydrogen-bond donors (Lipinski definition) is 2. The van der Waals surface area contributed by atoms with Gasteiger partial charge in [-0.25, -0.2) is 0 Å². The molecular formula is C26H33N3O3. The number of aryl methyl sites for hydroxylation is 1. The number of likely N-dealkylation sites (tertiary alicyclic amines) is 1. The second-order valence-electron chi connectivity index (χ2n) is 9.05. The minimum atomic E-state index is -0.000594. The standard InChI is InChI=1S/C26H33N3O3/c1-19-4-2-14-29(17-19)18-20-6-9-22(10-7-20)27-25(30)5-3-15-32-23-11-12-24-21(16-23)8-13-26(31)28-24/h6-7,9-12,16,19H,2-5,8,13-15,17-18H2,1H3,(H,27,30)(H,28,31). The van der Waals surface area contributed by atoms with E-state index >= 15 is 0 Å². The van der Waals surface area contributed by atoms with Crippen LogP contribution in [0, 0.1) is 5.92 Å². The van der Waals surface area contributed by atoms with E-state index in [2.05, 4.69) is 34.6 Å². The Morgan fingerprint density at radius 3 is 2.84 bits per heavy atom. The van der Waals surface area contributed by atoms with Gasteiger partial charge in [-0.2, -0.15) is 0 Å². The van der Waals surface area contributed by atoms with Gasteiger partial charge in [-0.3, -0.25) is 14.5 Å². The maximum Gasteiger partial charge on any atom is 0.224 e. The van der Waals surface area contributed by atoms with Gasteiger partial charge >= 0.3 is 0 Å². The van der Waals surface area contributed by atoms with E-state index < -0.39 is 0 Å². The van der Waals surface area contributed by atoms with Gasteiger partial charge in [0, 0.05) is 37.3 Å². The van der Waals surface area contributed by atoms with Crippen LogP contribution in [0.1, 0.15) is 50.2 Å². The third-order valence-electron chi connectivity index (χ3n) is 6.17. The van der Waals surface area contributed by atoms with Crippen LogP contribution in [0.5, 0.6) is 5.75 Å². The smallest absolute Gasteiger partial charge is 0.224 e. The van der Waals surface area contributed by atoms with Crippen molar-refractivity contribution in [3.05, 3.63) is 53.6 Å². The van der Waals surface area contributed by atoms with Gasteiger partial charge in [-0.1, -0.05) is 19.1 Å². The maximum atomic E-state index is 12.3. The van der Waals surface area contributed by atoms with Crippen molar-refractivity contribution in [1.82, 2.24) is 4.90 Å². The normalized spacial score (nSPS) is 18.5. The van der Waals surface area contributed by atoms with Crippen LogP contribution in [-0.2, 0) is 22.6 Å². The Balaban J connectivity index is 1.16. The molecule has 1 fully saturated rings. The predicted octanol–water partition coefficient (Wildman–Crippen LogP) is 4.60. The number of carbonyl (C=O) groups is 2. The van der Waals surface area contributed by atoms with Crippen LogP contribution >= 0.6 is 0 Å². The average molecular weight is 436 g/mol. The van der Waals surface area contributed by atoms with E-state index in [4.69, 9.17) is 4.74 Å². The van der Waals surface area contributed by atoms with Crippen molar-refractivity contribution >= 4 is 23.2 Å². The fourth-order valence-corrected chi connectivity index (χ4v) is 4.48. The number of piperidine rings is 1. The Labute approximate surface area is 190 Å². The number of amides is 2. The second-order valence-corrected chi connectivity index (χ2v) is 9.05. The first-order valence-electron chi connectivity index (χ1n) is 11.7. The number of fused-ring (bicyclic) bond motifs is 1. The number of hydrogen-bond acceptors (Lipinski definition) is 4. The molecule has 0 aliphatic carbocycles. The summed E-state index contributed by atoms with van der Waals surface area (Å²) in [6, 6.07) is 13.9. The highest BCUT2D eigenvalue weighted by Gasteiger charge is 2.16. The van der Waals surface area contributed by atoms with Crippen LogP contribution in [0.15, 0.2) is 42.5 Å². The Morgan fingerprint density at radius 2 is 2.03 bits per heavy atom. The van der Waals surface area contributed by atoms with Crippen molar-refractivity contribution in [2.24, 2.45) is 5.92 Å². The lowest BCUT2D eigenvalue weighted by Gasteiger charge is -2.30. The summed E-state index contributed by atoms with van der Waals surface area (Å²) in [6.07, 6.45) is 4.91. The van der Waals surface area contributed by atoms with Crippen molar-refractivity contribution in [3.8, 4) is 5.75 Å². The second kappa shape index (κ2) is 10.6. The molecule has 1 unspecified atom stereocenters. The number of carbonyl (C=O) groups excluding carboxylic acids is 2. The first-order valence-corrected chi connectivity index (χ1v) is 11.7. The largest absolute Gasteiger partial charge is 0.494 e. The Morgan fingerprint density at radius 1 is 1.19 bits per heavy atom. The van der Waals surface area contributed by atoms with Crippen LogP contribution in [0.25, 0.3) is 0 Å². The zero-order chi connectivity index (χ0) is 22.3. The summed E-state index contributed by atoms with van der Waals surface area (Å²) in [4.78, 5) is 26.2. The quantitative estimate of drug-likeness (QED) is 0.595. The lowest BCUT2D eigenvalue weighted by atomic mass is 10.00. The monoisotopic (exact) mass is 435 g/mol. The van der Waals surface area contributed by atoms with Gasteiger partial charge < -0.3 is 15.4 Å². The lowest BCUT2D eigenvalue weighted by molar-refractivity contribution is -0.117. The summed E-state index contributed by atoms with van der Waals surface area (Å²) >= 11 is 0. The Kier molecular flexibility index (Phi) is 7.43. The summed E-state index contributed by atoms with van der Waals surface area (Å²) in [6.45, 7) is 6.12. The van der Waals surface area contributed by atoms with Gasteiger partial charge in [-0.05, 0) is 79.6 Å². The molecule has 0 radical (unpaired) electrons. The molecule has 2 aliphatic heterocycles. The first kappa shape index (κ1) is 22.3. The molecule has 1 atom stereocenters. The van der Waals surface area contributed by atoms with Crippen LogP contribution in [0.2, 0.25) is 0 Å². The molecule has 0 bridgehead atoms. The number of ether oxygens (including phenoxy) is 1. The van der Waals surface area contributed by atoms with E-state index in [0.717, 1.165) is 41.6 Å². The molecule has 2 amide bonds. The van der Waals surface area contributed by atoms with Gasteiger partial charge in [0.15, 0.2) is 0 Å². The maximum absolute atomic E-state index is 12.3. The molecule has 2 aliphatic rings. The fraction of sp³-hybridized carbons (Fsp3) is 0.462. The highest BCUT2D eigenvalue weighted by Crippen LogP contribution is 2.27. The van der Waals surface area contributed by atoms with Crippen molar-refractivity contribution in [1.29, 1.82) is 0 Å². The fourth-order valence-electron chi connectivity index (χ4n) is 4.48. The summed E-state index contributed by atoms with van der Waals surface area (Å²) in [5.41, 5.74) is 4.08. The molecule has 2 N–H and O–H groups in total. The Bertz CT molecular complexity index is 942. The Hall–Kier alpha value is -2.86. The van der Waals surface area contributed by atoms with Crippen LogP contribution in [-0.4, -0.2) is 36.4 Å². The van der Waals surface area contributed by atoms with Gasteiger partial charge in [0.05, 0.1) is 6.61 Å². The topological polar surface area (TPSA) is 70.7 Å². The van der Waals surface area contributed by atoms with E-state index in [1.54, 1.807) is 0 Å². The minimum absolute atomic E-state index is 0.000594. The summed E-state index contributed by atoms with van der Waals surface area (Å²) < 4.78 is 5.80. The zero-order valence-electron chi connectivity index (χ0n) is 18.9. The minimum Gasteiger partial charge on any atom is -0.494 e. The highest BCUT2D eigenvalue weighted by molar-refractivity contribution is 5.94. The van der Waals surface area contributed by atoms with E-state index in [0.29, 0.717) is 25.9 Å². The van der Waals surface area contributed by atoms with Crippen LogP contribution < -0.4 is 15.4 Å². The number of benzene rings is 2. The molecule has 0 spiro atoms. The first-order chi connectivity index (χ1) is 15.5. The molecule has 4 rings (SSSR count). The van der Waals surface area contributed by atoms with E-state index in [9.17, 15) is 9.59 Å². The SMILES string of the molecule is CC1CCCN(Cc2ccc(NC(=O)CCCOc3ccc4c(c3)CCC(=O)N4)cc2)C1. The zero-order valence-corrected chi connectivity index (χ0v) is 18.9. The molecular weight excluding hydrogens is 402 g/mol. The number of nitrogens with zero attached hydrogens (tertiary/aromatic N) is 1. The third-order valence-corrected chi connectivity index (χ3v) is 6.17. The van der Waals surface area contributed by atoms with Gasteiger partial charge in [-0.15, -0.1) is 0 Å². The van der Waals surface area contributed by atoms with Gasteiger partial charge in [0.2, 0.25) is 11.8 Å². The third kappa shape index (κ3) is 6.33. The summed E-state index contributed by atoms with van der Waals surface area (Å²) in [5.74, 6) is 1.61. The predicted molar refractivity (Wildman–Crippen MR) is 127 cm³/mol. The number of nitrogens with one attached hydrogen (secondary N) is 2. The summed E-state index contributed by atoms with van der Waals surface area (Å²) in [5, 5.41) is 5.84. The molecule has 0 saturated carbocycles. The molecule has 2 heterocycles. The van der Waals surface area contributed by atoms with E-state index in [1.807, 2.05) is 30.3 Å². The molecule has 2 aromatic rings. The van der Waals surface area contributed by atoms with Crippen molar-refractivity contribution in [2.45, 2.75) is 52.0 Å². The van der Waals surface area contributed by atoms with E-state index in [1.165, 1.54) is 31.5 Å². The van der Waals surface area contributed by atoms with Crippen molar-refractivity contribution in [2.75, 3.05) is 30.3 Å². The molecule has 170 valence electrons. The summed E-state index contributed by atoms with van der Waals surface area (Å²) in [7, 11) is 0. The molecule has 1 saturated heterocycles. The number of anilines is 2.